The first kappa shape index (κ1) is 19.0. The molecule has 2 aromatic rings. The van der Waals surface area contributed by atoms with Gasteiger partial charge in [-0.05, 0) is 29.8 Å². The van der Waals surface area contributed by atoms with Gasteiger partial charge in [0, 0.05) is 24.2 Å². The first-order valence-corrected chi connectivity index (χ1v) is 9.84. The van der Waals surface area contributed by atoms with Crippen molar-refractivity contribution >= 4 is 21.6 Å². The molecule has 0 aliphatic carbocycles. The number of benzene rings is 2. The zero-order chi connectivity index (χ0) is 18.7. The molecule has 1 aliphatic heterocycles. The Bertz CT molecular complexity index is 864. The molecular weight excluding hydrogens is 378 g/mol. The van der Waals surface area contributed by atoms with Gasteiger partial charge in [0.05, 0.1) is 31.8 Å². The second-order valence-electron chi connectivity index (χ2n) is 5.90. The van der Waals surface area contributed by atoms with Crippen molar-refractivity contribution in [3.05, 3.63) is 53.1 Å². The summed E-state index contributed by atoms with van der Waals surface area (Å²) < 4.78 is 42.9. The molecule has 0 spiro atoms. The van der Waals surface area contributed by atoms with Gasteiger partial charge < -0.3 is 14.2 Å². The lowest BCUT2D eigenvalue weighted by atomic mass is 10.2. The average Bonchev–Trinajstić information content (AvgIpc) is 2.61. The van der Waals surface area contributed by atoms with Gasteiger partial charge in [0.1, 0.15) is 0 Å². The molecule has 0 unspecified atom stereocenters. The van der Waals surface area contributed by atoms with Crippen LogP contribution in [0.4, 0.5) is 0 Å². The molecule has 0 N–H and O–H groups in total. The summed E-state index contributed by atoms with van der Waals surface area (Å²) in [5.74, 6) is 0.865. The van der Waals surface area contributed by atoms with Gasteiger partial charge in [-0.25, -0.2) is 8.42 Å². The summed E-state index contributed by atoms with van der Waals surface area (Å²) in [6.07, 6.45) is -0.124. The molecule has 0 radical (unpaired) electrons. The highest BCUT2D eigenvalue weighted by Crippen LogP contribution is 2.32. The van der Waals surface area contributed by atoms with Crippen LogP contribution in [-0.2, 0) is 21.4 Å². The number of methoxy groups -OCH3 is 2. The van der Waals surface area contributed by atoms with E-state index >= 15 is 0 Å². The predicted octanol–water partition coefficient (Wildman–Crippen LogP) is 2.95. The van der Waals surface area contributed by atoms with Gasteiger partial charge in [-0.1, -0.05) is 23.7 Å². The minimum Gasteiger partial charge on any atom is -0.493 e. The summed E-state index contributed by atoms with van der Waals surface area (Å²) in [5.41, 5.74) is 0.996. The average molecular weight is 398 g/mol. The molecule has 0 saturated carbocycles. The van der Waals surface area contributed by atoms with E-state index in [2.05, 4.69) is 0 Å². The van der Waals surface area contributed by atoms with E-state index < -0.39 is 10.0 Å². The molecule has 0 atom stereocenters. The zero-order valence-corrected chi connectivity index (χ0v) is 16.1. The summed E-state index contributed by atoms with van der Waals surface area (Å²) in [4.78, 5) is 0.173. The molecule has 1 fully saturated rings. The van der Waals surface area contributed by atoms with Gasteiger partial charge in [-0.15, -0.1) is 0 Å². The number of sulfonamides is 1. The Morgan fingerprint density at radius 3 is 2.31 bits per heavy atom. The fraction of sp³-hybridized carbons (Fsp3) is 0.333. The SMILES string of the molecule is COc1ccc(S(=O)(=O)N2CC(OCc3ccc(Cl)cc3)C2)cc1OC. The largest absolute Gasteiger partial charge is 0.493 e. The summed E-state index contributed by atoms with van der Waals surface area (Å²) in [6.45, 7) is 1.07. The molecule has 26 heavy (non-hydrogen) atoms. The number of hydrogen-bond acceptors (Lipinski definition) is 5. The van der Waals surface area contributed by atoms with E-state index in [4.69, 9.17) is 25.8 Å². The fourth-order valence-corrected chi connectivity index (χ4v) is 4.27. The lowest BCUT2D eigenvalue weighted by Gasteiger charge is -2.37. The summed E-state index contributed by atoms with van der Waals surface area (Å²) in [5, 5.41) is 0.671. The van der Waals surface area contributed by atoms with Crippen LogP contribution in [0.15, 0.2) is 47.4 Å². The molecule has 6 nitrogen and oxygen atoms in total. The van der Waals surface area contributed by atoms with Crippen LogP contribution >= 0.6 is 11.6 Å². The van der Waals surface area contributed by atoms with Crippen LogP contribution in [0.25, 0.3) is 0 Å². The van der Waals surface area contributed by atoms with Gasteiger partial charge in [-0.2, -0.15) is 4.31 Å². The fourth-order valence-electron chi connectivity index (χ4n) is 2.62. The maximum atomic E-state index is 12.7. The molecule has 0 aromatic heterocycles. The van der Waals surface area contributed by atoms with Gasteiger partial charge in [-0.3, -0.25) is 0 Å². The number of halogens is 1. The van der Waals surface area contributed by atoms with E-state index in [-0.39, 0.29) is 11.0 Å². The molecule has 2 aromatic carbocycles. The molecule has 0 bridgehead atoms. The molecule has 140 valence electrons. The van der Waals surface area contributed by atoms with E-state index in [0.29, 0.717) is 36.2 Å². The van der Waals surface area contributed by atoms with Crippen LogP contribution < -0.4 is 9.47 Å². The van der Waals surface area contributed by atoms with Crippen molar-refractivity contribution in [3.63, 3.8) is 0 Å². The van der Waals surface area contributed by atoms with Crippen LogP contribution in [0.3, 0.4) is 0 Å². The van der Waals surface area contributed by atoms with Crippen molar-refractivity contribution in [2.45, 2.75) is 17.6 Å². The van der Waals surface area contributed by atoms with Crippen molar-refractivity contribution < 1.29 is 22.6 Å². The highest BCUT2D eigenvalue weighted by atomic mass is 35.5. The normalized spacial score (nSPS) is 15.5. The van der Waals surface area contributed by atoms with E-state index in [1.807, 2.05) is 12.1 Å². The van der Waals surface area contributed by atoms with Crippen molar-refractivity contribution in [2.24, 2.45) is 0 Å². The lowest BCUT2D eigenvalue weighted by molar-refractivity contribution is -0.0295. The Hall–Kier alpha value is -1.80. The summed E-state index contributed by atoms with van der Waals surface area (Å²) >= 11 is 5.85. The Kier molecular flexibility index (Phi) is 5.72. The van der Waals surface area contributed by atoms with Crippen LogP contribution in [0, 0.1) is 0 Å². The Balaban J connectivity index is 1.59. The molecule has 3 rings (SSSR count). The third-order valence-corrected chi connectivity index (χ3v) is 6.29. The van der Waals surface area contributed by atoms with Crippen molar-refractivity contribution in [1.82, 2.24) is 4.31 Å². The second-order valence-corrected chi connectivity index (χ2v) is 8.27. The van der Waals surface area contributed by atoms with E-state index in [1.165, 1.54) is 30.7 Å². The first-order chi connectivity index (χ1) is 12.4. The van der Waals surface area contributed by atoms with Crippen molar-refractivity contribution in [2.75, 3.05) is 27.3 Å². The minimum atomic E-state index is -3.58. The van der Waals surface area contributed by atoms with Crippen LogP contribution in [0.2, 0.25) is 5.02 Å². The predicted molar refractivity (Wildman–Crippen MR) is 98.3 cm³/mol. The quantitative estimate of drug-likeness (QED) is 0.718. The molecule has 8 heteroatoms. The van der Waals surface area contributed by atoms with Gasteiger partial charge in [0.15, 0.2) is 11.5 Å². The molecule has 1 heterocycles. The summed E-state index contributed by atoms with van der Waals surface area (Å²) in [6, 6.07) is 11.9. The van der Waals surface area contributed by atoms with Crippen molar-refractivity contribution in [1.29, 1.82) is 0 Å². The number of rotatable bonds is 7. The van der Waals surface area contributed by atoms with Gasteiger partial charge in [0.25, 0.3) is 0 Å². The smallest absolute Gasteiger partial charge is 0.243 e. The van der Waals surface area contributed by atoms with Crippen LogP contribution in [0.5, 0.6) is 11.5 Å². The number of nitrogens with zero attached hydrogens (tertiary/aromatic N) is 1. The molecule has 0 amide bonds. The van der Waals surface area contributed by atoms with Crippen LogP contribution in [0.1, 0.15) is 5.56 Å². The van der Waals surface area contributed by atoms with Crippen molar-refractivity contribution in [3.8, 4) is 11.5 Å². The zero-order valence-electron chi connectivity index (χ0n) is 14.5. The first-order valence-electron chi connectivity index (χ1n) is 8.02. The standard InChI is InChI=1S/C18H20ClNO5S/c1-23-17-8-7-16(9-18(17)24-2)26(21,22)20-10-15(11-20)25-12-13-3-5-14(19)6-4-13/h3-9,15H,10-12H2,1-2H3. The highest BCUT2D eigenvalue weighted by molar-refractivity contribution is 7.89. The molecular formula is C18H20ClNO5S. The third-order valence-electron chi connectivity index (χ3n) is 4.21. The number of hydrogen-bond donors (Lipinski definition) is 0. The second kappa shape index (κ2) is 7.84. The molecule has 1 aliphatic rings. The Morgan fingerprint density at radius 2 is 1.69 bits per heavy atom. The highest BCUT2D eigenvalue weighted by Gasteiger charge is 2.37. The Morgan fingerprint density at radius 1 is 1.04 bits per heavy atom. The van der Waals surface area contributed by atoms with Gasteiger partial charge >= 0.3 is 0 Å². The number of ether oxygens (including phenoxy) is 3. The third kappa shape index (κ3) is 3.96. The van der Waals surface area contributed by atoms with E-state index in [9.17, 15) is 8.42 Å². The van der Waals surface area contributed by atoms with E-state index in [1.54, 1.807) is 18.2 Å². The summed E-state index contributed by atoms with van der Waals surface area (Å²) in [7, 11) is -0.606. The van der Waals surface area contributed by atoms with E-state index in [0.717, 1.165) is 5.56 Å². The minimum absolute atomic E-state index is 0.124. The maximum Gasteiger partial charge on any atom is 0.243 e. The van der Waals surface area contributed by atoms with Crippen LogP contribution in [-0.4, -0.2) is 46.1 Å². The lowest BCUT2D eigenvalue weighted by Crippen LogP contribution is -2.54. The maximum absolute atomic E-state index is 12.7. The molecule has 1 saturated heterocycles. The monoisotopic (exact) mass is 397 g/mol. The van der Waals surface area contributed by atoms with Gasteiger partial charge in [0.2, 0.25) is 10.0 Å². The Labute approximate surface area is 158 Å². The topological polar surface area (TPSA) is 65.1 Å².